The van der Waals surface area contributed by atoms with Crippen molar-refractivity contribution < 1.29 is 33.8 Å². The van der Waals surface area contributed by atoms with Gasteiger partial charge in [0.1, 0.15) is 5.00 Å². The van der Waals surface area contributed by atoms with Crippen LogP contribution >= 0.6 is 11.3 Å². The highest BCUT2D eigenvalue weighted by Crippen LogP contribution is 2.52. The van der Waals surface area contributed by atoms with Gasteiger partial charge in [0.15, 0.2) is 11.5 Å². The fourth-order valence-electron chi connectivity index (χ4n) is 4.83. The summed E-state index contributed by atoms with van der Waals surface area (Å²) in [7, 11) is 0. The molecule has 1 heterocycles. The van der Waals surface area contributed by atoms with Gasteiger partial charge in [0.2, 0.25) is 5.91 Å². The zero-order chi connectivity index (χ0) is 26.8. The lowest BCUT2D eigenvalue weighted by molar-refractivity contribution is -0.134. The highest BCUT2D eigenvalue weighted by Gasteiger charge is 2.40. The standard InChI is InChI=1S/C27H31NO7S/c1-14-7-11-20-22(24(14)27(4,5)6)23(26(32)33)25(36-20)28-21(31)12-9-17-8-10-18(34-15(2)29)19(13-17)35-16(3)30/h8-10,12-14,24H,7,11H2,1-6H3,(H,28,31)(H,32,33). The average molecular weight is 514 g/mol. The normalized spacial score (nSPS) is 17.4. The topological polar surface area (TPSA) is 119 Å². The van der Waals surface area contributed by atoms with Crippen LogP contribution < -0.4 is 14.8 Å². The van der Waals surface area contributed by atoms with E-state index < -0.39 is 23.8 Å². The van der Waals surface area contributed by atoms with Crippen molar-refractivity contribution in [2.24, 2.45) is 11.3 Å². The first-order chi connectivity index (χ1) is 16.8. The Morgan fingerprint density at radius 2 is 1.72 bits per heavy atom. The summed E-state index contributed by atoms with van der Waals surface area (Å²) in [6.07, 6.45) is 4.52. The molecule has 0 saturated carbocycles. The number of fused-ring (bicyclic) bond motifs is 1. The van der Waals surface area contributed by atoms with Gasteiger partial charge in [-0.15, -0.1) is 11.3 Å². The van der Waals surface area contributed by atoms with Gasteiger partial charge in [-0.25, -0.2) is 4.79 Å². The van der Waals surface area contributed by atoms with E-state index in [0.717, 1.165) is 23.3 Å². The molecule has 3 rings (SSSR count). The van der Waals surface area contributed by atoms with Gasteiger partial charge in [-0.05, 0) is 59.4 Å². The van der Waals surface area contributed by atoms with Crippen molar-refractivity contribution in [3.63, 3.8) is 0 Å². The molecule has 1 aliphatic rings. The molecule has 2 aromatic rings. The van der Waals surface area contributed by atoms with E-state index in [0.29, 0.717) is 16.5 Å². The van der Waals surface area contributed by atoms with Gasteiger partial charge in [0, 0.05) is 24.8 Å². The van der Waals surface area contributed by atoms with Crippen molar-refractivity contribution in [3.8, 4) is 11.5 Å². The van der Waals surface area contributed by atoms with Crippen molar-refractivity contribution in [2.75, 3.05) is 5.32 Å². The molecule has 0 spiro atoms. The zero-order valence-corrected chi connectivity index (χ0v) is 22.1. The number of nitrogens with one attached hydrogen (secondary N) is 1. The highest BCUT2D eigenvalue weighted by atomic mass is 32.1. The average Bonchev–Trinajstić information content (AvgIpc) is 3.09. The fourth-order valence-corrected chi connectivity index (χ4v) is 6.09. The van der Waals surface area contributed by atoms with Gasteiger partial charge in [-0.2, -0.15) is 0 Å². The Morgan fingerprint density at radius 3 is 2.31 bits per heavy atom. The lowest BCUT2D eigenvalue weighted by Crippen LogP contribution is -2.30. The van der Waals surface area contributed by atoms with Gasteiger partial charge in [-0.3, -0.25) is 14.4 Å². The molecule has 0 radical (unpaired) electrons. The number of benzene rings is 1. The number of carboxylic acid groups (broad SMARTS) is 1. The van der Waals surface area contributed by atoms with Gasteiger partial charge in [-0.1, -0.05) is 33.8 Å². The molecule has 1 aliphatic carbocycles. The second-order valence-corrected chi connectivity index (χ2v) is 11.1. The van der Waals surface area contributed by atoms with Crippen molar-refractivity contribution in [1.82, 2.24) is 0 Å². The molecule has 1 aromatic heterocycles. The minimum absolute atomic E-state index is 0.0432. The van der Waals surface area contributed by atoms with Crippen LogP contribution in [0.5, 0.6) is 11.5 Å². The first kappa shape index (κ1) is 27.1. The number of anilines is 1. The van der Waals surface area contributed by atoms with E-state index in [-0.39, 0.29) is 28.4 Å². The Bertz CT molecular complexity index is 1240. The molecule has 192 valence electrons. The van der Waals surface area contributed by atoms with Crippen LogP contribution in [-0.2, 0) is 20.8 Å². The summed E-state index contributed by atoms with van der Waals surface area (Å²) < 4.78 is 10.2. The molecule has 8 nitrogen and oxygen atoms in total. The lowest BCUT2D eigenvalue weighted by atomic mass is 9.65. The largest absolute Gasteiger partial charge is 0.478 e. The van der Waals surface area contributed by atoms with Gasteiger partial charge in [0.25, 0.3) is 0 Å². The molecule has 0 bridgehead atoms. The summed E-state index contributed by atoms with van der Waals surface area (Å²) in [5.74, 6) is -2.18. The van der Waals surface area contributed by atoms with Crippen LogP contribution in [0.1, 0.15) is 80.2 Å². The van der Waals surface area contributed by atoms with Gasteiger partial charge in [0.05, 0.1) is 5.56 Å². The highest BCUT2D eigenvalue weighted by molar-refractivity contribution is 7.17. The molecular formula is C27H31NO7S. The molecule has 36 heavy (non-hydrogen) atoms. The Morgan fingerprint density at radius 1 is 1.08 bits per heavy atom. The SMILES string of the molecule is CC(=O)Oc1ccc(C=CC(=O)Nc2sc3c(c2C(=O)O)C(C(C)(C)C)C(C)CC3)cc1OC(C)=O. The third-order valence-corrected chi connectivity index (χ3v) is 7.20. The number of ether oxygens (including phenoxy) is 2. The van der Waals surface area contributed by atoms with Crippen LogP contribution in [0, 0.1) is 11.3 Å². The quantitative estimate of drug-likeness (QED) is 0.291. The number of esters is 2. The van der Waals surface area contributed by atoms with E-state index in [2.05, 4.69) is 33.0 Å². The third kappa shape index (κ3) is 6.20. The van der Waals surface area contributed by atoms with Crippen LogP contribution in [0.2, 0.25) is 0 Å². The minimum Gasteiger partial charge on any atom is -0.478 e. The number of hydrogen-bond donors (Lipinski definition) is 2. The Labute approximate surface area is 214 Å². The van der Waals surface area contributed by atoms with Gasteiger partial charge >= 0.3 is 17.9 Å². The summed E-state index contributed by atoms with van der Waals surface area (Å²) in [4.78, 5) is 48.8. The molecular weight excluding hydrogens is 482 g/mol. The Hall–Kier alpha value is -3.46. The van der Waals surface area contributed by atoms with E-state index in [1.807, 2.05) is 0 Å². The zero-order valence-electron chi connectivity index (χ0n) is 21.3. The first-order valence-electron chi connectivity index (χ1n) is 11.7. The number of carbonyl (C=O) groups excluding carboxylic acids is 3. The second-order valence-electron chi connectivity index (χ2n) is 10.0. The second kappa shape index (κ2) is 10.7. The van der Waals surface area contributed by atoms with Gasteiger partial charge < -0.3 is 19.9 Å². The monoisotopic (exact) mass is 513 g/mol. The molecule has 0 fully saturated rings. The van der Waals surface area contributed by atoms with Crippen LogP contribution in [0.3, 0.4) is 0 Å². The minimum atomic E-state index is -1.05. The lowest BCUT2D eigenvalue weighted by Gasteiger charge is -2.39. The van der Waals surface area contributed by atoms with E-state index in [1.165, 1.54) is 49.5 Å². The summed E-state index contributed by atoms with van der Waals surface area (Å²) >= 11 is 1.33. The predicted octanol–water partition coefficient (Wildman–Crippen LogP) is 5.66. The van der Waals surface area contributed by atoms with Crippen LogP contribution in [0.4, 0.5) is 5.00 Å². The maximum absolute atomic E-state index is 12.8. The molecule has 0 aliphatic heterocycles. The number of amides is 1. The molecule has 1 amide bonds. The number of thiophene rings is 1. The van der Waals surface area contributed by atoms with Crippen molar-refractivity contribution in [1.29, 1.82) is 0 Å². The molecule has 2 atom stereocenters. The number of aromatic carboxylic acids is 1. The van der Waals surface area contributed by atoms with Crippen molar-refractivity contribution >= 4 is 46.2 Å². The predicted molar refractivity (Wildman–Crippen MR) is 138 cm³/mol. The van der Waals surface area contributed by atoms with Crippen molar-refractivity contribution in [3.05, 3.63) is 45.8 Å². The Kier molecular flexibility index (Phi) is 8.03. The molecule has 2 unspecified atom stereocenters. The first-order valence-corrected chi connectivity index (χ1v) is 12.5. The van der Waals surface area contributed by atoms with Crippen LogP contribution in [-0.4, -0.2) is 28.9 Å². The van der Waals surface area contributed by atoms with Crippen LogP contribution in [0.25, 0.3) is 6.08 Å². The summed E-state index contributed by atoms with van der Waals surface area (Å²) in [5, 5.41) is 13.1. The molecule has 0 saturated heterocycles. The summed E-state index contributed by atoms with van der Waals surface area (Å²) in [5.41, 5.74) is 1.40. The van der Waals surface area contributed by atoms with Crippen molar-refractivity contribution in [2.45, 2.75) is 60.3 Å². The number of carboxylic acids is 1. The maximum atomic E-state index is 12.8. The molecule has 2 N–H and O–H groups in total. The smallest absolute Gasteiger partial charge is 0.339 e. The number of carbonyl (C=O) groups is 4. The fraction of sp³-hybridized carbons (Fsp3) is 0.407. The van der Waals surface area contributed by atoms with E-state index in [1.54, 1.807) is 6.07 Å². The number of aryl methyl sites for hydroxylation is 1. The van der Waals surface area contributed by atoms with E-state index in [9.17, 15) is 24.3 Å². The summed E-state index contributed by atoms with van der Waals surface area (Å²) in [6.45, 7) is 11.0. The number of rotatable bonds is 6. The Balaban J connectivity index is 1.88. The van der Waals surface area contributed by atoms with E-state index in [4.69, 9.17) is 9.47 Å². The van der Waals surface area contributed by atoms with Crippen LogP contribution in [0.15, 0.2) is 24.3 Å². The number of hydrogen-bond acceptors (Lipinski definition) is 7. The molecule has 9 heteroatoms. The summed E-state index contributed by atoms with van der Waals surface area (Å²) in [6, 6.07) is 4.52. The van der Waals surface area contributed by atoms with E-state index >= 15 is 0 Å². The maximum Gasteiger partial charge on any atom is 0.339 e. The third-order valence-electron chi connectivity index (χ3n) is 6.01. The molecule has 1 aromatic carbocycles.